The Morgan fingerprint density at radius 2 is 2.30 bits per heavy atom. The van der Waals surface area contributed by atoms with Crippen LogP contribution in [0.25, 0.3) is 0 Å². The fourth-order valence-corrected chi connectivity index (χ4v) is 1.71. The molecule has 0 aromatic carbocycles. The molecule has 0 radical (unpaired) electrons. The van der Waals surface area contributed by atoms with E-state index in [2.05, 4.69) is 29.9 Å². The molecule has 1 aromatic heterocycles. The number of rotatable bonds is 0. The molecule has 0 saturated carbocycles. The maximum atomic E-state index is 2.24. The van der Waals surface area contributed by atoms with Gasteiger partial charge in [0.15, 0.2) is 11.9 Å². The lowest BCUT2D eigenvalue weighted by Crippen LogP contribution is -2.32. The van der Waals surface area contributed by atoms with Crippen LogP contribution in [0.5, 0.6) is 0 Å². The number of pyridine rings is 1. The van der Waals surface area contributed by atoms with Crippen LogP contribution in [0.3, 0.4) is 0 Å². The molecule has 0 bridgehead atoms. The standard InChI is InChI=1S/C9H12N/c1-10-7-3-5-8-4-2-6-9(8)10/h3,5,7H,2,4,6H2,1H3/q+1. The van der Waals surface area contributed by atoms with Crippen LogP contribution in [0.4, 0.5) is 0 Å². The van der Waals surface area contributed by atoms with Crippen LogP contribution in [-0.2, 0) is 19.9 Å². The van der Waals surface area contributed by atoms with Gasteiger partial charge in [-0.1, -0.05) is 0 Å². The summed E-state index contributed by atoms with van der Waals surface area (Å²) in [5, 5.41) is 0. The van der Waals surface area contributed by atoms with Crippen LogP contribution < -0.4 is 4.57 Å². The number of aryl methyl sites for hydroxylation is 2. The predicted molar refractivity (Wildman–Crippen MR) is 39.6 cm³/mol. The number of aromatic nitrogens is 1. The smallest absolute Gasteiger partial charge is 0.184 e. The predicted octanol–water partition coefficient (Wildman–Crippen LogP) is 1.000. The van der Waals surface area contributed by atoms with Gasteiger partial charge in [0.25, 0.3) is 0 Å². The molecule has 1 heteroatoms. The fourth-order valence-electron chi connectivity index (χ4n) is 1.71. The van der Waals surface area contributed by atoms with E-state index in [1.165, 1.54) is 25.0 Å². The first-order chi connectivity index (χ1) is 4.88. The summed E-state index contributed by atoms with van der Waals surface area (Å²) in [6, 6.07) is 4.37. The summed E-state index contributed by atoms with van der Waals surface area (Å²) in [4.78, 5) is 0. The molecule has 1 aliphatic rings. The molecular formula is C9H12N+. The maximum absolute atomic E-state index is 2.24. The molecule has 2 rings (SSSR count). The Hall–Kier alpha value is -0.850. The third-order valence-corrected chi connectivity index (χ3v) is 2.26. The lowest BCUT2D eigenvalue weighted by atomic mass is 10.2. The highest BCUT2D eigenvalue weighted by Crippen LogP contribution is 2.16. The molecule has 52 valence electrons. The molecule has 0 atom stereocenters. The normalized spacial score (nSPS) is 15.3. The Kier molecular flexibility index (Phi) is 1.23. The zero-order valence-corrected chi connectivity index (χ0v) is 6.30. The second-order valence-corrected chi connectivity index (χ2v) is 2.94. The average molecular weight is 134 g/mol. The molecule has 1 aromatic rings. The van der Waals surface area contributed by atoms with E-state index in [4.69, 9.17) is 0 Å². The van der Waals surface area contributed by atoms with Gasteiger partial charge in [0, 0.05) is 18.1 Å². The third kappa shape index (κ3) is 0.737. The number of nitrogens with zero attached hydrogens (tertiary/aromatic N) is 1. The van der Waals surface area contributed by atoms with Crippen molar-refractivity contribution in [3.05, 3.63) is 29.6 Å². The average Bonchev–Trinajstić information content (AvgIpc) is 2.36. The molecule has 0 fully saturated rings. The summed E-state index contributed by atoms with van der Waals surface area (Å²) in [6.45, 7) is 0. The van der Waals surface area contributed by atoms with Crippen LogP contribution in [0, 0.1) is 0 Å². The van der Waals surface area contributed by atoms with Gasteiger partial charge in [-0.3, -0.25) is 0 Å². The Morgan fingerprint density at radius 1 is 1.40 bits per heavy atom. The highest BCUT2D eigenvalue weighted by Gasteiger charge is 2.17. The van der Waals surface area contributed by atoms with Crippen molar-refractivity contribution in [2.45, 2.75) is 19.3 Å². The first kappa shape index (κ1) is 5.90. The van der Waals surface area contributed by atoms with Crippen LogP contribution in [0.2, 0.25) is 0 Å². The number of hydrogen-bond acceptors (Lipinski definition) is 0. The zero-order chi connectivity index (χ0) is 6.97. The van der Waals surface area contributed by atoms with Crippen LogP contribution in [0.1, 0.15) is 17.7 Å². The molecule has 0 N–H and O–H groups in total. The van der Waals surface area contributed by atoms with Gasteiger partial charge in [-0.15, -0.1) is 0 Å². The monoisotopic (exact) mass is 134 g/mol. The topological polar surface area (TPSA) is 3.88 Å². The minimum absolute atomic E-state index is 1.27. The minimum Gasteiger partial charge on any atom is -0.205 e. The summed E-state index contributed by atoms with van der Waals surface area (Å²) in [5.41, 5.74) is 3.08. The summed E-state index contributed by atoms with van der Waals surface area (Å²) < 4.78 is 2.24. The van der Waals surface area contributed by atoms with Gasteiger partial charge >= 0.3 is 0 Å². The molecule has 0 saturated heterocycles. The zero-order valence-electron chi connectivity index (χ0n) is 6.30. The summed E-state index contributed by atoms with van der Waals surface area (Å²) in [5.74, 6) is 0. The van der Waals surface area contributed by atoms with Gasteiger partial charge in [-0.2, -0.15) is 0 Å². The van der Waals surface area contributed by atoms with E-state index >= 15 is 0 Å². The van der Waals surface area contributed by atoms with E-state index < -0.39 is 0 Å². The SMILES string of the molecule is C[n+]1cccc2c1CCC2. The quantitative estimate of drug-likeness (QED) is 0.466. The molecule has 0 unspecified atom stereocenters. The molecule has 1 heterocycles. The summed E-state index contributed by atoms with van der Waals surface area (Å²) >= 11 is 0. The Balaban J connectivity index is 2.59. The molecular weight excluding hydrogens is 122 g/mol. The van der Waals surface area contributed by atoms with Crippen molar-refractivity contribution in [3.63, 3.8) is 0 Å². The van der Waals surface area contributed by atoms with Crippen LogP contribution >= 0.6 is 0 Å². The molecule has 1 aliphatic carbocycles. The van der Waals surface area contributed by atoms with Gasteiger partial charge in [-0.25, -0.2) is 4.57 Å². The molecule has 0 aliphatic heterocycles. The third-order valence-electron chi connectivity index (χ3n) is 2.26. The Labute approximate surface area is 61.3 Å². The van der Waals surface area contributed by atoms with Gasteiger partial charge in [0.2, 0.25) is 0 Å². The second kappa shape index (κ2) is 2.08. The highest BCUT2D eigenvalue weighted by molar-refractivity contribution is 5.20. The van der Waals surface area contributed by atoms with Crippen LogP contribution in [-0.4, -0.2) is 0 Å². The second-order valence-electron chi connectivity index (χ2n) is 2.94. The van der Waals surface area contributed by atoms with E-state index in [9.17, 15) is 0 Å². The fraction of sp³-hybridized carbons (Fsp3) is 0.444. The van der Waals surface area contributed by atoms with Crippen molar-refractivity contribution in [2.24, 2.45) is 7.05 Å². The first-order valence-electron chi connectivity index (χ1n) is 3.84. The van der Waals surface area contributed by atoms with E-state index in [1.807, 2.05) is 0 Å². The minimum atomic E-state index is 1.27. The summed E-state index contributed by atoms with van der Waals surface area (Å²) in [6.07, 6.45) is 6.02. The van der Waals surface area contributed by atoms with Crippen molar-refractivity contribution < 1.29 is 4.57 Å². The lowest BCUT2D eigenvalue weighted by Gasteiger charge is -1.94. The first-order valence-corrected chi connectivity index (χ1v) is 3.84. The van der Waals surface area contributed by atoms with Crippen molar-refractivity contribution in [1.29, 1.82) is 0 Å². The van der Waals surface area contributed by atoms with Gasteiger partial charge in [0.1, 0.15) is 7.05 Å². The van der Waals surface area contributed by atoms with Crippen molar-refractivity contribution in [3.8, 4) is 0 Å². The summed E-state index contributed by atoms with van der Waals surface area (Å²) in [7, 11) is 2.13. The lowest BCUT2D eigenvalue weighted by molar-refractivity contribution is -0.678. The molecule has 0 amide bonds. The molecule has 0 spiro atoms. The number of fused-ring (bicyclic) bond motifs is 1. The number of hydrogen-bond donors (Lipinski definition) is 0. The Bertz CT molecular complexity index is 253. The van der Waals surface area contributed by atoms with Crippen molar-refractivity contribution in [1.82, 2.24) is 0 Å². The van der Waals surface area contributed by atoms with E-state index in [-0.39, 0.29) is 0 Å². The largest absolute Gasteiger partial charge is 0.205 e. The van der Waals surface area contributed by atoms with Crippen LogP contribution in [0.15, 0.2) is 18.3 Å². The van der Waals surface area contributed by atoms with Crippen molar-refractivity contribution >= 4 is 0 Å². The highest BCUT2D eigenvalue weighted by atomic mass is 14.9. The molecule has 1 nitrogen and oxygen atoms in total. The van der Waals surface area contributed by atoms with E-state index in [0.29, 0.717) is 0 Å². The van der Waals surface area contributed by atoms with Gasteiger partial charge in [-0.05, 0) is 18.9 Å². The van der Waals surface area contributed by atoms with Gasteiger partial charge in [0.05, 0.1) is 0 Å². The van der Waals surface area contributed by atoms with Gasteiger partial charge < -0.3 is 0 Å². The van der Waals surface area contributed by atoms with E-state index in [1.54, 1.807) is 5.56 Å². The Morgan fingerprint density at radius 3 is 3.10 bits per heavy atom. The molecule has 10 heavy (non-hydrogen) atoms. The maximum Gasteiger partial charge on any atom is 0.184 e. The van der Waals surface area contributed by atoms with E-state index in [0.717, 1.165) is 0 Å². The van der Waals surface area contributed by atoms with Crippen molar-refractivity contribution in [2.75, 3.05) is 0 Å².